The maximum absolute atomic E-state index is 14.8. The van der Waals surface area contributed by atoms with Gasteiger partial charge in [-0.1, -0.05) is 38.6 Å². The van der Waals surface area contributed by atoms with Crippen molar-refractivity contribution in [1.82, 2.24) is 20.3 Å². The van der Waals surface area contributed by atoms with Crippen molar-refractivity contribution in [3.05, 3.63) is 28.8 Å². The highest BCUT2D eigenvalue weighted by atomic mass is 79.9. The number of hydrogen-bond acceptors (Lipinski definition) is 6. The fourth-order valence-electron chi connectivity index (χ4n) is 2.88. The van der Waals surface area contributed by atoms with Gasteiger partial charge in [0.2, 0.25) is 0 Å². The molecule has 8 heteroatoms. The lowest BCUT2D eigenvalue weighted by atomic mass is 9.86. The summed E-state index contributed by atoms with van der Waals surface area (Å²) in [4.78, 5) is 13.4. The molecular formula is C20H29BrFN5S. The number of nitrogens with zero attached hydrogens (tertiary/aromatic N) is 3. The van der Waals surface area contributed by atoms with Gasteiger partial charge in [-0.3, -0.25) is 0 Å². The van der Waals surface area contributed by atoms with E-state index in [1.54, 1.807) is 6.92 Å². The van der Waals surface area contributed by atoms with Crippen LogP contribution in [0, 0.1) is 18.7 Å². The molecule has 0 amide bonds. The van der Waals surface area contributed by atoms with Gasteiger partial charge in [0.25, 0.3) is 0 Å². The zero-order valence-electron chi connectivity index (χ0n) is 17.2. The topological polar surface area (TPSA) is 62.7 Å². The van der Waals surface area contributed by atoms with Gasteiger partial charge in [-0.05, 0) is 54.4 Å². The molecule has 28 heavy (non-hydrogen) atoms. The van der Waals surface area contributed by atoms with E-state index in [0.29, 0.717) is 26.7 Å². The van der Waals surface area contributed by atoms with Crippen LogP contribution in [-0.4, -0.2) is 39.3 Å². The molecule has 0 fully saturated rings. The number of thioether (sulfide) groups is 1. The van der Waals surface area contributed by atoms with Gasteiger partial charge < -0.3 is 10.6 Å². The lowest BCUT2D eigenvalue weighted by molar-refractivity contribution is 0.381. The van der Waals surface area contributed by atoms with E-state index in [-0.39, 0.29) is 17.0 Å². The second-order valence-electron chi connectivity index (χ2n) is 7.06. The predicted molar refractivity (Wildman–Crippen MR) is 121 cm³/mol. The third kappa shape index (κ3) is 5.02. The van der Waals surface area contributed by atoms with Gasteiger partial charge in [0, 0.05) is 6.54 Å². The van der Waals surface area contributed by atoms with Crippen molar-refractivity contribution in [2.24, 2.45) is 5.92 Å². The second-order valence-corrected chi connectivity index (χ2v) is 9.04. The smallest absolute Gasteiger partial charge is 0.190 e. The van der Waals surface area contributed by atoms with E-state index in [0.717, 1.165) is 25.3 Å². The van der Waals surface area contributed by atoms with Crippen LogP contribution in [0.4, 0.5) is 10.2 Å². The Hall–Kier alpha value is -1.25. The van der Waals surface area contributed by atoms with Crippen LogP contribution in [-0.2, 0) is 0 Å². The molecule has 2 aromatic heterocycles. The first-order chi connectivity index (χ1) is 13.3. The normalized spacial score (nSPS) is 14.7. The third-order valence-corrected chi connectivity index (χ3v) is 6.14. The first kappa shape index (κ1) is 23.0. The van der Waals surface area contributed by atoms with Gasteiger partial charge in [0.15, 0.2) is 11.0 Å². The van der Waals surface area contributed by atoms with Crippen LogP contribution in [0.2, 0.25) is 0 Å². The molecule has 0 saturated carbocycles. The van der Waals surface area contributed by atoms with Crippen LogP contribution in [0.1, 0.15) is 39.8 Å². The summed E-state index contributed by atoms with van der Waals surface area (Å²) < 4.78 is 15.4. The van der Waals surface area contributed by atoms with E-state index in [2.05, 4.69) is 63.9 Å². The standard InChI is InChI=1S/C20H29BrFN5S/c1-7-10-23-11-20(6,12(4)8-2)27-18-14-16(25-19(26-18)28-9-3)15(22)13(5)24-17(14)21/h8,12,23H,2,7,9-11H2,1,3-6H3,(H,25,26,27)/t12-,20?/m0/s1. The summed E-state index contributed by atoms with van der Waals surface area (Å²) in [5, 5.41) is 8.14. The van der Waals surface area contributed by atoms with Crippen molar-refractivity contribution < 1.29 is 4.39 Å². The molecular weight excluding hydrogens is 441 g/mol. The minimum absolute atomic E-state index is 0.145. The molecule has 2 atom stereocenters. The number of pyridine rings is 1. The number of anilines is 1. The Bertz CT molecular complexity index is 847. The van der Waals surface area contributed by atoms with E-state index in [1.807, 2.05) is 13.0 Å². The average Bonchev–Trinajstić information content (AvgIpc) is 2.65. The summed E-state index contributed by atoms with van der Waals surface area (Å²) in [6, 6.07) is 0. The first-order valence-electron chi connectivity index (χ1n) is 9.54. The summed E-state index contributed by atoms with van der Waals surface area (Å²) in [6.45, 7) is 15.6. The van der Waals surface area contributed by atoms with Crippen molar-refractivity contribution in [3.8, 4) is 0 Å². The zero-order valence-corrected chi connectivity index (χ0v) is 19.6. The Morgan fingerprint density at radius 2 is 2.04 bits per heavy atom. The van der Waals surface area contributed by atoms with Crippen LogP contribution in [0.3, 0.4) is 0 Å². The fraction of sp³-hybridized carbons (Fsp3) is 0.550. The van der Waals surface area contributed by atoms with Gasteiger partial charge in [0.05, 0.1) is 16.6 Å². The van der Waals surface area contributed by atoms with Crippen molar-refractivity contribution in [1.29, 1.82) is 0 Å². The van der Waals surface area contributed by atoms with Crippen molar-refractivity contribution in [2.45, 2.75) is 51.7 Å². The molecule has 2 N–H and O–H groups in total. The van der Waals surface area contributed by atoms with Crippen molar-refractivity contribution >= 4 is 44.4 Å². The molecule has 2 rings (SSSR count). The fourth-order valence-corrected chi connectivity index (χ4v) is 4.09. The van der Waals surface area contributed by atoms with E-state index in [4.69, 9.17) is 4.98 Å². The largest absolute Gasteiger partial charge is 0.362 e. The van der Waals surface area contributed by atoms with Gasteiger partial charge in [-0.15, -0.1) is 6.58 Å². The molecule has 1 unspecified atom stereocenters. The van der Waals surface area contributed by atoms with Crippen molar-refractivity contribution in [2.75, 3.05) is 24.2 Å². The van der Waals surface area contributed by atoms with Gasteiger partial charge >= 0.3 is 0 Å². The monoisotopic (exact) mass is 469 g/mol. The highest BCUT2D eigenvalue weighted by Crippen LogP contribution is 2.34. The van der Waals surface area contributed by atoms with Crippen LogP contribution >= 0.6 is 27.7 Å². The molecule has 0 bridgehead atoms. The summed E-state index contributed by atoms with van der Waals surface area (Å²) in [6.07, 6.45) is 2.97. The summed E-state index contributed by atoms with van der Waals surface area (Å²) in [5.74, 6) is 1.11. The van der Waals surface area contributed by atoms with Crippen LogP contribution < -0.4 is 10.6 Å². The number of rotatable bonds is 10. The molecule has 0 aliphatic heterocycles. The Morgan fingerprint density at radius 1 is 1.32 bits per heavy atom. The molecule has 0 radical (unpaired) electrons. The van der Waals surface area contributed by atoms with E-state index >= 15 is 0 Å². The third-order valence-electron chi connectivity index (χ3n) is 4.84. The zero-order chi connectivity index (χ0) is 20.9. The first-order valence-corrected chi connectivity index (χ1v) is 11.3. The molecule has 0 aliphatic rings. The molecule has 0 saturated heterocycles. The maximum atomic E-state index is 14.8. The maximum Gasteiger partial charge on any atom is 0.190 e. The van der Waals surface area contributed by atoms with Crippen LogP contribution in [0.25, 0.3) is 10.9 Å². The minimum atomic E-state index is -0.413. The Balaban J connectivity index is 2.62. The highest BCUT2D eigenvalue weighted by molar-refractivity contribution is 9.10. The molecule has 5 nitrogen and oxygen atoms in total. The molecule has 0 aromatic carbocycles. The number of nitrogens with one attached hydrogen (secondary N) is 2. The van der Waals surface area contributed by atoms with E-state index in [9.17, 15) is 4.39 Å². The second kappa shape index (κ2) is 9.98. The summed E-state index contributed by atoms with van der Waals surface area (Å²) in [5.41, 5.74) is 0.221. The van der Waals surface area contributed by atoms with E-state index < -0.39 is 5.82 Å². The Labute approximate surface area is 179 Å². The lowest BCUT2D eigenvalue weighted by Gasteiger charge is -2.36. The Kier molecular flexibility index (Phi) is 8.21. The summed E-state index contributed by atoms with van der Waals surface area (Å²) in [7, 11) is 0. The number of aryl methyl sites for hydroxylation is 1. The van der Waals surface area contributed by atoms with Crippen molar-refractivity contribution in [3.63, 3.8) is 0 Å². The van der Waals surface area contributed by atoms with Gasteiger partial charge in [0.1, 0.15) is 15.9 Å². The van der Waals surface area contributed by atoms with Gasteiger partial charge in [-0.2, -0.15) is 0 Å². The molecule has 0 aliphatic carbocycles. The highest BCUT2D eigenvalue weighted by Gasteiger charge is 2.31. The minimum Gasteiger partial charge on any atom is -0.362 e. The molecule has 2 aromatic rings. The van der Waals surface area contributed by atoms with Gasteiger partial charge in [-0.25, -0.2) is 19.3 Å². The Morgan fingerprint density at radius 3 is 2.64 bits per heavy atom. The van der Waals surface area contributed by atoms with E-state index in [1.165, 1.54) is 11.8 Å². The number of hydrogen-bond donors (Lipinski definition) is 2. The number of fused-ring (bicyclic) bond motifs is 1. The quantitative estimate of drug-likeness (QED) is 0.161. The molecule has 0 spiro atoms. The lowest BCUT2D eigenvalue weighted by Crippen LogP contribution is -2.49. The predicted octanol–water partition coefficient (Wildman–Crippen LogP) is 5.34. The number of halogens is 2. The average molecular weight is 470 g/mol. The SMILES string of the molecule is C=C[C@H](C)C(C)(CNCCC)Nc1nc(SCC)nc2c(F)c(C)nc(Br)c12. The molecule has 2 heterocycles. The van der Waals surface area contributed by atoms with Crippen LogP contribution in [0.5, 0.6) is 0 Å². The summed E-state index contributed by atoms with van der Waals surface area (Å²) >= 11 is 4.97. The van der Waals surface area contributed by atoms with Crippen LogP contribution in [0.15, 0.2) is 22.4 Å². The molecule has 154 valence electrons. The number of aromatic nitrogens is 3.